The zero-order valence-corrected chi connectivity index (χ0v) is 19.2. The van der Waals surface area contributed by atoms with Crippen LogP contribution in [0, 0.1) is 0 Å². The minimum absolute atomic E-state index is 0.00240. The highest BCUT2D eigenvalue weighted by Gasteiger charge is 2.47. The van der Waals surface area contributed by atoms with Gasteiger partial charge in [-0.2, -0.15) is 0 Å². The van der Waals surface area contributed by atoms with E-state index in [4.69, 9.17) is 21.1 Å². The zero-order valence-electron chi connectivity index (χ0n) is 18.5. The largest absolute Gasteiger partial charge is 0.507 e. The van der Waals surface area contributed by atoms with Gasteiger partial charge in [-0.1, -0.05) is 23.7 Å². The molecule has 0 spiro atoms. The van der Waals surface area contributed by atoms with E-state index >= 15 is 0 Å². The number of Topliss-reactive ketones (excluding diaryl/α,β-unsaturated/α-hetero) is 1. The molecule has 0 aliphatic carbocycles. The number of aliphatic hydroxyl groups is 1. The molecule has 1 unspecified atom stereocenters. The minimum atomic E-state index is -0.840. The summed E-state index contributed by atoms with van der Waals surface area (Å²) in [4.78, 5) is 29.9. The number of nitrogens with zero attached hydrogens (tertiary/aromatic N) is 2. The van der Waals surface area contributed by atoms with Crippen molar-refractivity contribution >= 4 is 40.4 Å². The first-order valence-electron chi connectivity index (χ1n) is 10.6. The quantitative estimate of drug-likeness (QED) is 0.332. The van der Waals surface area contributed by atoms with E-state index in [0.717, 1.165) is 5.69 Å². The van der Waals surface area contributed by atoms with E-state index in [0.29, 0.717) is 33.3 Å². The number of ketones is 1. The summed E-state index contributed by atoms with van der Waals surface area (Å²) in [7, 11) is 3.85. The third-order valence-electron chi connectivity index (χ3n) is 5.92. The molecule has 1 saturated heterocycles. The molecule has 2 aliphatic heterocycles. The second-order valence-electron chi connectivity index (χ2n) is 8.20. The van der Waals surface area contributed by atoms with Gasteiger partial charge in [-0.15, -0.1) is 0 Å². The summed E-state index contributed by atoms with van der Waals surface area (Å²) in [5.74, 6) is -0.727. The summed E-state index contributed by atoms with van der Waals surface area (Å²) in [5.41, 5.74) is 2.49. The second kappa shape index (κ2) is 8.43. The lowest BCUT2D eigenvalue weighted by Gasteiger charge is -2.26. The topological polar surface area (TPSA) is 79.3 Å². The van der Waals surface area contributed by atoms with Crippen LogP contribution in [0.4, 0.5) is 11.4 Å². The average molecular weight is 477 g/mol. The SMILES string of the molecule is CN(C)c1ccc(C2/C(=C(\O)c3ccc(Cl)cc3)C(=O)C(=O)N2c2ccc3c(c2)OCO3)cc1. The molecule has 1 amide bonds. The maximum atomic E-state index is 13.3. The van der Waals surface area contributed by atoms with Gasteiger partial charge < -0.3 is 19.5 Å². The van der Waals surface area contributed by atoms with Crippen molar-refractivity contribution in [2.75, 3.05) is 30.7 Å². The molecule has 8 heteroatoms. The molecule has 3 aromatic rings. The van der Waals surface area contributed by atoms with Crippen LogP contribution in [0.15, 0.2) is 72.3 Å². The molecular formula is C26H21ClN2O5. The summed E-state index contributed by atoms with van der Waals surface area (Å²) in [6.45, 7) is 0.0869. The van der Waals surface area contributed by atoms with Gasteiger partial charge in [-0.3, -0.25) is 14.5 Å². The van der Waals surface area contributed by atoms with E-state index in [1.54, 1.807) is 42.5 Å². The molecule has 2 heterocycles. The average Bonchev–Trinajstić information content (AvgIpc) is 3.41. The molecule has 2 aliphatic rings. The van der Waals surface area contributed by atoms with Crippen molar-refractivity contribution in [1.29, 1.82) is 0 Å². The number of ether oxygens (including phenoxy) is 2. The lowest BCUT2D eigenvalue weighted by Crippen LogP contribution is -2.29. The number of fused-ring (bicyclic) bond motifs is 1. The van der Waals surface area contributed by atoms with E-state index < -0.39 is 17.7 Å². The Morgan fingerprint density at radius 3 is 2.32 bits per heavy atom. The van der Waals surface area contributed by atoms with Crippen molar-refractivity contribution in [3.63, 3.8) is 0 Å². The van der Waals surface area contributed by atoms with Crippen molar-refractivity contribution in [3.05, 3.63) is 88.5 Å². The highest BCUT2D eigenvalue weighted by atomic mass is 35.5. The van der Waals surface area contributed by atoms with Crippen molar-refractivity contribution in [2.24, 2.45) is 0 Å². The van der Waals surface area contributed by atoms with Crippen LogP contribution in [0.3, 0.4) is 0 Å². The summed E-state index contributed by atoms with van der Waals surface area (Å²) in [6.07, 6.45) is 0. The number of hydrogen-bond donors (Lipinski definition) is 1. The number of rotatable bonds is 4. The van der Waals surface area contributed by atoms with Crippen LogP contribution in [0.1, 0.15) is 17.2 Å². The van der Waals surface area contributed by atoms with Gasteiger partial charge in [0, 0.05) is 42.1 Å². The lowest BCUT2D eigenvalue weighted by molar-refractivity contribution is -0.132. The number of hydrogen-bond acceptors (Lipinski definition) is 6. The number of carbonyl (C=O) groups is 2. The van der Waals surface area contributed by atoms with Gasteiger partial charge in [-0.25, -0.2) is 0 Å². The van der Waals surface area contributed by atoms with Crippen LogP contribution < -0.4 is 19.3 Å². The Bertz CT molecular complexity index is 1320. The summed E-state index contributed by atoms with van der Waals surface area (Å²) in [6, 6.07) is 18.2. The molecule has 5 rings (SSSR count). The normalized spacial score (nSPS) is 18.4. The number of carbonyl (C=O) groups excluding carboxylic acids is 2. The molecule has 1 atom stereocenters. The molecule has 34 heavy (non-hydrogen) atoms. The molecule has 172 valence electrons. The smallest absolute Gasteiger partial charge is 0.300 e. The first-order chi connectivity index (χ1) is 16.3. The third-order valence-corrected chi connectivity index (χ3v) is 6.17. The van der Waals surface area contributed by atoms with E-state index in [2.05, 4.69) is 0 Å². The number of anilines is 2. The molecule has 0 aromatic heterocycles. The van der Waals surface area contributed by atoms with Crippen LogP contribution in [-0.4, -0.2) is 37.7 Å². The molecule has 0 radical (unpaired) electrons. The van der Waals surface area contributed by atoms with Crippen molar-refractivity contribution in [1.82, 2.24) is 0 Å². The maximum absolute atomic E-state index is 13.3. The molecular weight excluding hydrogens is 456 g/mol. The first kappa shape index (κ1) is 21.9. The molecule has 3 aromatic carbocycles. The Labute approximate surface area is 201 Å². The fourth-order valence-electron chi connectivity index (χ4n) is 4.17. The van der Waals surface area contributed by atoms with Crippen LogP contribution in [0.2, 0.25) is 5.02 Å². The van der Waals surface area contributed by atoms with Gasteiger partial charge >= 0.3 is 0 Å². The molecule has 0 saturated carbocycles. The maximum Gasteiger partial charge on any atom is 0.300 e. The van der Waals surface area contributed by atoms with Crippen molar-refractivity contribution < 1.29 is 24.2 Å². The van der Waals surface area contributed by atoms with Gasteiger partial charge in [0.2, 0.25) is 6.79 Å². The van der Waals surface area contributed by atoms with Crippen molar-refractivity contribution in [3.8, 4) is 11.5 Å². The standard InChI is InChI=1S/C26H21ClN2O5/c1-28(2)18-9-5-15(6-10-18)23-22(24(30)16-3-7-17(27)8-4-16)25(31)26(32)29(23)19-11-12-20-21(13-19)34-14-33-20/h3-13,23,30H,14H2,1-2H3/b24-22+. The van der Waals surface area contributed by atoms with Gasteiger partial charge in [0.1, 0.15) is 5.76 Å². The number of benzene rings is 3. The lowest BCUT2D eigenvalue weighted by atomic mass is 9.95. The van der Waals surface area contributed by atoms with Crippen molar-refractivity contribution in [2.45, 2.75) is 6.04 Å². The molecule has 1 fully saturated rings. The highest BCUT2D eigenvalue weighted by molar-refractivity contribution is 6.51. The Morgan fingerprint density at radius 2 is 1.65 bits per heavy atom. The van der Waals surface area contributed by atoms with Crippen LogP contribution in [-0.2, 0) is 9.59 Å². The first-order valence-corrected chi connectivity index (χ1v) is 11.0. The predicted molar refractivity (Wildman–Crippen MR) is 130 cm³/mol. The highest BCUT2D eigenvalue weighted by Crippen LogP contribution is 2.45. The van der Waals surface area contributed by atoms with Gasteiger partial charge in [0.15, 0.2) is 11.5 Å². The van der Waals surface area contributed by atoms with E-state index in [1.165, 1.54) is 4.90 Å². The summed E-state index contributed by atoms with van der Waals surface area (Å²) >= 11 is 5.99. The second-order valence-corrected chi connectivity index (χ2v) is 8.64. The number of halogens is 1. The molecule has 0 bridgehead atoms. The predicted octanol–water partition coefficient (Wildman–Crippen LogP) is 4.76. The monoisotopic (exact) mass is 476 g/mol. The summed E-state index contributed by atoms with van der Waals surface area (Å²) < 4.78 is 10.9. The molecule has 7 nitrogen and oxygen atoms in total. The number of aliphatic hydroxyl groups excluding tert-OH is 1. The summed E-state index contributed by atoms with van der Waals surface area (Å²) in [5, 5.41) is 11.7. The Hall–Kier alpha value is -3.97. The van der Waals surface area contributed by atoms with E-state index in [-0.39, 0.29) is 18.1 Å². The molecule has 1 N–H and O–H groups in total. The van der Waals surface area contributed by atoms with Crippen LogP contribution >= 0.6 is 11.6 Å². The third kappa shape index (κ3) is 3.64. The van der Waals surface area contributed by atoms with E-state index in [9.17, 15) is 14.7 Å². The van der Waals surface area contributed by atoms with Gasteiger partial charge in [-0.05, 0) is 54.1 Å². The Kier molecular flexibility index (Phi) is 5.42. The fraction of sp³-hybridized carbons (Fsp3) is 0.154. The Morgan fingerprint density at radius 1 is 0.971 bits per heavy atom. The minimum Gasteiger partial charge on any atom is -0.507 e. The Balaban J connectivity index is 1.69. The van der Waals surface area contributed by atoms with Crippen LogP contribution in [0.5, 0.6) is 11.5 Å². The van der Waals surface area contributed by atoms with Gasteiger partial charge in [0.05, 0.1) is 11.6 Å². The number of amides is 1. The van der Waals surface area contributed by atoms with E-state index in [1.807, 2.05) is 43.3 Å². The fourth-order valence-corrected chi connectivity index (χ4v) is 4.29. The van der Waals surface area contributed by atoms with Crippen LogP contribution in [0.25, 0.3) is 5.76 Å². The zero-order chi connectivity index (χ0) is 24.0. The van der Waals surface area contributed by atoms with Gasteiger partial charge in [0.25, 0.3) is 11.7 Å².